The van der Waals surface area contributed by atoms with Gasteiger partial charge in [-0.15, -0.1) is 0 Å². The van der Waals surface area contributed by atoms with Crippen LogP contribution in [0.15, 0.2) is 36.4 Å². The van der Waals surface area contributed by atoms with Crippen molar-refractivity contribution in [2.45, 2.75) is 12.3 Å². The Labute approximate surface area is 147 Å². The molecule has 1 amide bonds. The molecule has 0 bridgehead atoms. The highest BCUT2D eigenvalue weighted by Gasteiger charge is 2.36. The fourth-order valence-corrected chi connectivity index (χ4v) is 2.75. The van der Waals surface area contributed by atoms with Crippen molar-refractivity contribution < 1.29 is 23.7 Å². The maximum Gasteiger partial charge on any atom is 0.232 e. The molecule has 0 spiro atoms. The second kappa shape index (κ2) is 7.34. The smallest absolute Gasteiger partial charge is 0.232 e. The van der Waals surface area contributed by atoms with Crippen LogP contribution >= 0.6 is 0 Å². The van der Waals surface area contributed by atoms with Gasteiger partial charge in [-0.2, -0.15) is 0 Å². The third-order valence-electron chi connectivity index (χ3n) is 4.41. The molecule has 0 atom stereocenters. The van der Waals surface area contributed by atoms with Crippen molar-refractivity contribution in [1.29, 1.82) is 0 Å². The number of methoxy groups -OCH3 is 4. The van der Waals surface area contributed by atoms with Crippen molar-refractivity contribution >= 4 is 5.91 Å². The summed E-state index contributed by atoms with van der Waals surface area (Å²) in [4.78, 5) is 12.4. The SMILES string of the molecule is COc1ccc(C(C)(C(N)=O)c2ccc(OC)c(OC)c2)cc1OC. The Hall–Kier alpha value is -2.89. The molecule has 0 unspecified atom stereocenters. The van der Waals surface area contributed by atoms with E-state index in [0.29, 0.717) is 34.1 Å². The van der Waals surface area contributed by atoms with E-state index < -0.39 is 11.3 Å². The molecular formula is C19H23NO5. The zero-order valence-corrected chi connectivity index (χ0v) is 15.1. The average Bonchev–Trinajstić information content (AvgIpc) is 2.65. The first kappa shape index (κ1) is 18.4. The quantitative estimate of drug-likeness (QED) is 0.834. The second-order valence-corrected chi connectivity index (χ2v) is 5.63. The zero-order valence-electron chi connectivity index (χ0n) is 15.1. The summed E-state index contributed by atoms with van der Waals surface area (Å²) in [7, 11) is 6.19. The number of carbonyl (C=O) groups excluding carboxylic acids is 1. The molecule has 2 aromatic rings. The lowest BCUT2D eigenvalue weighted by Gasteiger charge is -2.28. The van der Waals surface area contributed by atoms with Crippen molar-refractivity contribution in [2.75, 3.05) is 28.4 Å². The molecule has 6 heteroatoms. The molecule has 0 fully saturated rings. The van der Waals surface area contributed by atoms with E-state index in [2.05, 4.69) is 0 Å². The lowest BCUT2D eigenvalue weighted by Crippen LogP contribution is -2.39. The molecule has 25 heavy (non-hydrogen) atoms. The molecule has 0 aliphatic rings. The van der Waals surface area contributed by atoms with Crippen LogP contribution in [-0.2, 0) is 10.2 Å². The second-order valence-electron chi connectivity index (χ2n) is 5.63. The first-order chi connectivity index (χ1) is 11.9. The van der Waals surface area contributed by atoms with E-state index in [1.165, 1.54) is 0 Å². The third-order valence-corrected chi connectivity index (χ3v) is 4.41. The van der Waals surface area contributed by atoms with Gasteiger partial charge in [-0.05, 0) is 42.3 Å². The number of carbonyl (C=O) groups is 1. The molecule has 2 rings (SSSR count). The highest BCUT2D eigenvalue weighted by molar-refractivity contribution is 5.90. The molecule has 134 valence electrons. The van der Waals surface area contributed by atoms with Gasteiger partial charge < -0.3 is 24.7 Å². The number of rotatable bonds is 7. The van der Waals surface area contributed by atoms with Crippen LogP contribution in [0, 0.1) is 0 Å². The number of hydrogen-bond donors (Lipinski definition) is 1. The van der Waals surface area contributed by atoms with Crippen LogP contribution in [0.4, 0.5) is 0 Å². The van der Waals surface area contributed by atoms with E-state index >= 15 is 0 Å². The summed E-state index contributed by atoms with van der Waals surface area (Å²) in [5.74, 6) is 1.70. The zero-order chi connectivity index (χ0) is 18.6. The number of amides is 1. The fourth-order valence-electron chi connectivity index (χ4n) is 2.75. The van der Waals surface area contributed by atoms with Gasteiger partial charge in [0.1, 0.15) is 0 Å². The minimum atomic E-state index is -1.08. The monoisotopic (exact) mass is 345 g/mol. The fraction of sp³-hybridized carbons (Fsp3) is 0.316. The van der Waals surface area contributed by atoms with Gasteiger partial charge in [0.05, 0.1) is 33.9 Å². The number of ether oxygens (including phenoxy) is 4. The summed E-state index contributed by atoms with van der Waals surface area (Å²) in [5.41, 5.74) is 6.06. The van der Waals surface area contributed by atoms with Crippen LogP contribution in [0.3, 0.4) is 0 Å². The topological polar surface area (TPSA) is 80.0 Å². The summed E-state index contributed by atoms with van der Waals surface area (Å²) in [6.07, 6.45) is 0. The molecule has 2 aromatic carbocycles. The molecule has 0 saturated carbocycles. The van der Waals surface area contributed by atoms with Crippen LogP contribution in [0.2, 0.25) is 0 Å². The largest absolute Gasteiger partial charge is 0.493 e. The summed E-state index contributed by atoms with van der Waals surface area (Å²) in [6.45, 7) is 1.76. The van der Waals surface area contributed by atoms with Gasteiger partial charge in [0.15, 0.2) is 23.0 Å². The molecular weight excluding hydrogens is 322 g/mol. The Morgan fingerprint density at radius 3 is 1.40 bits per heavy atom. The molecule has 6 nitrogen and oxygen atoms in total. The Kier molecular flexibility index (Phi) is 5.41. The highest BCUT2D eigenvalue weighted by atomic mass is 16.5. The Balaban J connectivity index is 2.65. The maximum absolute atomic E-state index is 12.4. The van der Waals surface area contributed by atoms with Gasteiger partial charge in [-0.25, -0.2) is 0 Å². The van der Waals surface area contributed by atoms with Crippen LogP contribution in [-0.4, -0.2) is 34.3 Å². The van der Waals surface area contributed by atoms with Gasteiger partial charge in [0, 0.05) is 0 Å². The predicted octanol–water partition coefficient (Wildman–Crippen LogP) is 2.51. The summed E-state index contributed by atoms with van der Waals surface area (Å²) >= 11 is 0. The Morgan fingerprint density at radius 1 is 0.760 bits per heavy atom. The first-order valence-corrected chi connectivity index (χ1v) is 7.67. The lowest BCUT2D eigenvalue weighted by molar-refractivity contribution is -0.121. The predicted molar refractivity (Wildman–Crippen MR) is 94.7 cm³/mol. The minimum Gasteiger partial charge on any atom is -0.493 e. The van der Waals surface area contributed by atoms with E-state index in [0.717, 1.165) is 0 Å². The van der Waals surface area contributed by atoms with E-state index in [1.807, 2.05) is 0 Å². The maximum atomic E-state index is 12.4. The van der Waals surface area contributed by atoms with Gasteiger partial charge in [-0.1, -0.05) is 12.1 Å². The van der Waals surface area contributed by atoms with Crippen LogP contribution in [0.25, 0.3) is 0 Å². The standard InChI is InChI=1S/C19H23NO5/c1-19(18(20)21,12-6-8-14(22-2)16(10-12)24-4)13-7-9-15(23-3)17(11-13)25-5/h6-11H,1-5H3,(H2,20,21). The van der Waals surface area contributed by atoms with Gasteiger partial charge in [0.2, 0.25) is 5.91 Å². The highest BCUT2D eigenvalue weighted by Crippen LogP contribution is 2.40. The van der Waals surface area contributed by atoms with Crippen LogP contribution < -0.4 is 24.7 Å². The van der Waals surface area contributed by atoms with E-state index in [9.17, 15) is 4.79 Å². The normalized spacial score (nSPS) is 10.9. The first-order valence-electron chi connectivity index (χ1n) is 7.67. The van der Waals surface area contributed by atoms with E-state index in [4.69, 9.17) is 24.7 Å². The van der Waals surface area contributed by atoms with Crippen LogP contribution in [0.5, 0.6) is 23.0 Å². The van der Waals surface area contributed by atoms with E-state index in [-0.39, 0.29) is 0 Å². The van der Waals surface area contributed by atoms with Crippen molar-refractivity contribution in [3.8, 4) is 23.0 Å². The number of benzene rings is 2. The minimum absolute atomic E-state index is 0.494. The van der Waals surface area contributed by atoms with Gasteiger partial charge in [-0.3, -0.25) is 4.79 Å². The molecule has 0 aliphatic carbocycles. The lowest BCUT2D eigenvalue weighted by atomic mass is 9.75. The molecule has 0 heterocycles. The van der Waals surface area contributed by atoms with Crippen LogP contribution in [0.1, 0.15) is 18.1 Å². The molecule has 0 aromatic heterocycles. The molecule has 0 aliphatic heterocycles. The van der Waals surface area contributed by atoms with Crippen molar-refractivity contribution in [1.82, 2.24) is 0 Å². The summed E-state index contributed by atoms with van der Waals surface area (Å²) in [5, 5.41) is 0. The summed E-state index contributed by atoms with van der Waals surface area (Å²) in [6, 6.07) is 10.6. The van der Waals surface area contributed by atoms with E-state index in [1.54, 1.807) is 71.8 Å². The summed E-state index contributed by atoms with van der Waals surface area (Å²) < 4.78 is 21.2. The van der Waals surface area contributed by atoms with Crippen molar-refractivity contribution in [3.63, 3.8) is 0 Å². The Morgan fingerprint density at radius 2 is 1.12 bits per heavy atom. The van der Waals surface area contributed by atoms with Crippen molar-refractivity contribution in [3.05, 3.63) is 47.5 Å². The van der Waals surface area contributed by atoms with Crippen molar-refractivity contribution in [2.24, 2.45) is 5.73 Å². The average molecular weight is 345 g/mol. The third kappa shape index (κ3) is 3.20. The number of primary amides is 1. The van der Waals surface area contributed by atoms with Gasteiger partial charge in [0.25, 0.3) is 0 Å². The number of nitrogens with two attached hydrogens (primary N) is 1. The number of hydrogen-bond acceptors (Lipinski definition) is 5. The Bertz CT molecular complexity index is 717. The molecule has 0 saturated heterocycles. The molecule has 2 N–H and O–H groups in total. The molecule has 0 radical (unpaired) electrons. The van der Waals surface area contributed by atoms with Gasteiger partial charge >= 0.3 is 0 Å².